The highest BCUT2D eigenvalue weighted by Gasteiger charge is 2.42. The van der Waals surface area contributed by atoms with E-state index < -0.39 is 5.66 Å². The number of hydrogen-bond acceptors (Lipinski definition) is 6. The van der Waals surface area contributed by atoms with Crippen LogP contribution in [-0.2, 0) is 13.0 Å². The highest BCUT2D eigenvalue weighted by atomic mass is 35.5. The van der Waals surface area contributed by atoms with Crippen molar-refractivity contribution in [2.45, 2.75) is 50.7 Å². The van der Waals surface area contributed by atoms with Gasteiger partial charge in [-0.1, -0.05) is 30.2 Å². The van der Waals surface area contributed by atoms with Crippen molar-refractivity contribution < 1.29 is 0 Å². The molecule has 31 heavy (non-hydrogen) atoms. The second-order valence-electron chi connectivity index (χ2n) is 8.31. The van der Waals surface area contributed by atoms with Crippen molar-refractivity contribution in [2.75, 3.05) is 4.90 Å². The number of hydrogen-bond donors (Lipinski definition) is 2. The zero-order valence-corrected chi connectivity index (χ0v) is 18.1. The first-order valence-electron chi connectivity index (χ1n) is 10.7. The smallest absolute Gasteiger partial charge is 0.220 e. The number of fused-ring (bicyclic) bond motifs is 1. The summed E-state index contributed by atoms with van der Waals surface area (Å²) in [6, 6.07) is 14.2. The Morgan fingerprint density at radius 3 is 2.55 bits per heavy atom. The van der Waals surface area contributed by atoms with Crippen LogP contribution < -0.4 is 16.4 Å². The summed E-state index contributed by atoms with van der Waals surface area (Å²) in [4.78, 5) is 15.7. The molecule has 2 heterocycles. The summed E-state index contributed by atoms with van der Waals surface area (Å²) in [5.74, 6) is 0.666. The van der Waals surface area contributed by atoms with Crippen molar-refractivity contribution >= 4 is 40.2 Å². The van der Waals surface area contributed by atoms with Crippen molar-refractivity contribution in [3.63, 3.8) is 0 Å². The second kappa shape index (κ2) is 7.89. The van der Waals surface area contributed by atoms with Gasteiger partial charge in [0, 0.05) is 17.3 Å². The van der Waals surface area contributed by atoms with E-state index in [0.29, 0.717) is 5.96 Å². The number of halogens is 1. The number of imidazole rings is 1. The summed E-state index contributed by atoms with van der Waals surface area (Å²) in [5.41, 5.74) is 16.1. The van der Waals surface area contributed by atoms with Crippen LogP contribution in [0.15, 0.2) is 58.8 Å². The molecule has 1 saturated carbocycles. The number of guanidine groups is 2. The highest BCUT2D eigenvalue weighted by Crippen LogP contribution is 2.40. The van der Waals surface area contributed by atoms with E-state index in [4.69, 9.17) is 28.1 Å². The Bertz CT molecular complexity index is 1160. The van der Waals surface area contributed by atoms with Gasteiger partial charge in [-0.3, -0.25) is 4.90 Å². The minimum atomic E-state index is -0.445. The molecular weight excluding hydrogens is 410 g/mol. The van der Waals surface area contributed by atoms with E-state index in [1.54, 1.807) is 0 Å². The molecule has 1 aliphatic carbocycles. The van der Waals surface area contributed by atoms with Crippen molar-refractivity contribution in [2.24, 2.45) is 21.5 Å². The number of anilines is 1. The zero-order valence-electron chi connectivity index (χ0n) is 17.3. The molecule has 160 valence electrons. The second-order valence-corrected chi connectivity index (χ2v) is 8.74. The maximum Gasteiger partial charge on any atom is 0.220 e. The Labute approximate surface area is 186 Å². The molecule has 1 aromatic heterocycles. The van der Waals surface area contributed by atoms with E-state index in [1.807, 2.05) is 18.5 Å². The molecule has 3 aromatic rings. The summed E-state index contributed by atoms with van der Waals surface area (Å²) in [7, 11) is 0. The summed E-state index contributed by atoms with van der Waals surface area (Å²) >= 11 is 5.99. The lowest BCUT2D eigenvalue weighted by molar-refractivity contribution is 0.305. The number of nitrogens with zero attached hydrogens (tertiary/aromatic N) is 5. The van der Waals surface area contributed by atoms with Crippen LogP contribution in [0.5, 0.6) is 0 Å². The first kappa shape index (κ1) is 19.9. The molecule has 7 nitrogen and oxygen atoms in total. The third-order valence-electron chi connectivity index (χ3n) is 6.27. The van der Waals surface area contributed by atoms with Gasteiger partial charge in [-0.25, -0.2) is 9.98 Å². The molecule has 1 aliphatic heterocycles. The monoisotopic (exact) mass is 435 g/mol. The van der Waals surface area contributed by atoms with Crippen molar-refractivity contribution in [1.82, 2.24) is 9.55 Å². The third kappa shape index (κ3) is 3.74. The molecule has 4 N–H and O–H groups in total. The topological polar surface area (TPSA) is 97.8 Å². The Balaban J connectivity index is 1.43. The molecule has 8 heteroatoms. The van der Waals surface area contributed by atoms with Gasteiger partial charge in [-0.05, 0) is 68.0 Å². The van der Waals surface area contributed by atoms with Crippen molar-refractivity contribution in [1.29, 1.82) is 0 Å². The van der Waals surface area contributed by atoms with Gasteiger partial charge in [-0.2, -0.15) is 4.99 Å². The third-order valence-corrected chi connectivity index (χ3v) is 6.52. The number of aryl methyl sites for hydroxylation is 2. The largest absolute Gasteiger partial charge is 0.369 e. The number of nitrogens with two attached hydrogens (primary N) is 2. The lowest BCUT2D eigenvalue weighted by Crippen LogP contribution is -2.58. The molecule has 0 bridgehead atoms. The summed E-state index contributed by atoms with van der Waals surface area (Å²) in [6.45, 7) is 0.843. The molecule has 0 atom stereocenters. The van der Waals surface area contributed by atoms with Gasteiger partial charge < -0.3 is 16.0 Å². The zero-order chi connectivity index (χ0) is 21.4. The lowest BCUT2D eigenvalue weighted by Gasteiger charge is -2.45. The van der Waals surface area contributed by atoms with Crippen LogP contribution in [0, 0.1) is 0 Å². The van der Waals surface area contributed by atoms with Crippen LogP contribution in [0.3, 0.4) is 0 Å². The average molecular weight is 436 g/mol. The summed E-state index contributed by atoms with van der Waals surface area (Å²) < 4.78 is 2.17. The number of benzene rings is 2. The number of aliphatic imine (C=N–C) groups is 2. The van der Waals surface area contributed by atoms with Crippen molar-refractivity contribution in [3.05, 3.63) is 59.4 Å². The Hall–Kier alpha value is -3.06. The standard InChI is InChI=1S/C23H26ClN7/c24-17-6-4-16(5-7-17)10-13-30-15-27-19-14-18(8-9-20(19)30)31-22(26)28-21(25)29-23(31)11-2-1-3-12-23/h4-9,14-15H,1-3,10-13H2,(H4,25,26,28,29). The van der Waals surface area contributed by atoms with Crippen LogP contribution in [-0.4, -0.2) is 27.1 Å². The van der Waals surface area contributed by atoms with Crippen LogP contribution >= 0.6 is 11.6 Å². The van der Waals surface area contributed by atoms with Gasteiger partial charge in [0.1, 0.15) is 5.66 Å². The molecule has 0 saturated heterocycles. The van der Waals surface area contributed by atoms with Gasteiger partial charge in [0.25, 0.3) is 0 Å². The average Bonchev–Trinajstić information content (AvgIpc) is 3.15. The van der Waals surface area contributed by atoms with E-state index in [2.05, 4.69) is 49.8 Å². The minimum Gasteiger partial charge on any atom is -0.369 e. The Morgan fingerprint density at radius 2 is 1.77 bits per heavy atom. The maximum atomic E-state index is 6.36. The maximum absolute atomic E-state index is 6.36. The molecule has 1 spiro atoms. The number of rotatable bonds is 4. The summed E-state index contributed by atoms with van der Waals surface area (Å²) in [5, 5.41) is 0.756. The molecule has 2 aliphatic rings. The molecule has 0 radical (unpaired) electrons. The first-order valence-corrected chi connectivity index (χ1v) is 11.1. The van der Waals surface area contributed by atoms with Crippen molar-refractivity contribution in [3.8, 4) is 0 Å². The van der Waals surface area contributed by atoms with Crippen LogP contribution in [0.4, 0.5) is 5.69 Å². The normalized spacial score (nSPS) is 18.3. The number of aromatic nitrogens is 2. The lowest BCUT2D eigenvalue weighted by atomic mass is 9.87. The van der Waals surface area contributed by atoms with E-state index >= 15 is 0 Å². The first-order chi connectivity index (χ1) is 15.0. The van der Waals surface area contributed by atoms with E-state index in [1.165, 1.54) is 12.0 Å². The van der Waals surface area contributed by atoms with Gasteiger partial charge in [-0.15, -0.1) is 0 Å². The molecule has 5 rings (SSSR count). The Morgan fingerprint density at radius 1 is 1.00 bits per heavy atom. The fourth-order valence-electron chi connectivity index (χ4n) is 4.76. The predicted molar refractivity (Wildman–Crippen MR) is 126 cm³/mol. The molecular formula is C23H26ClN7. The fraction of sp³-hybridized carbons (Fsp3) is 0.348. The summed E-state index contributed by atoms with van der Waals surface area (Å²) in [6.07, 6.45) is 8.04. The quantitative estimate of drug-likeness (QED) is 0.646. The van der Waals surface area contributed by atoms with Crippen LogP contribution in [0.25, 0.3) is 11.0 Å². The van der Waals surface area contributed by atoms with E-state index in [9.17, 15) is 0 Å². The van der Waals surface area contributed by atoms with Gasteiger partial charge >= 0.3 is 0 Å². The van der Waals surface area contributed by atoms with Gasteiger partial charge in [0.15, 0.2) is 0 Å². The fourth-order valence-corrected chi connectivity index (χ4v) is 4.89. The SMILES string of the molecule is NC1=NC2(CCCCC2)N(c2ccc3c(c2)ncn3CCc2ccc(Cl)cc2)C(N)=N1. The van der Waals surface area contributed by atoms with E-state index in [0.717, 1.165) is 60.4 Å². The molecule has 0 amide bonds. The van der Waals surface area contributed by atoms with Gasteiger partial charge in [0.05, 0.1) is 17.4 Å². The molecule has 1 fully saturated rings. The van der Waals surface area contributed by atoms with Crippen LogP contribution in [0.1, 0.15) is 37.7 Å². The highest BCUT2D eigenvalue weighted by molar-refractivity contribution is 6.30. The predicted octanol–water partition coefficient (Wildman–Crippen LogP) is 4.04. The molecule has 0 unspecified atom stereocenters. The minimum absolute atomic E-state index is 0.267. The van der Waals surface area contributed by atoms with Crippen LogP contribution in [0.2, 0.25) is 5.02 Å². The van der Waals surface area contributed by atoms with E-state index in [-0.39, 0.29) is 5.96 Å². The Kier molecular flexibility index (Phi) is 5.06. The van der Waals surface area contributed by atoms with Gasteiger partial charge in [0.2, 0.25) is 11.9 Å². The molecule has 2 aromatic carbocycles.